The van der Waals surface area contributed by atoms with Crippen LogP contribution in [0.2, 0.25) is 0 Å². The zero-order valence-electron chi connectivity index (χ0n) is 8.76. The Balaban J connectivity index is 2.35. The molecule has 0 aliphatic rings. The number of carbonyl (C=O) groups excluding carboxylic acids is 1. The number of aryl methyl sites for hydroxylation is 1. The predicted molar refractivity (Wildman–Crippen MR) is 56.2 cm³/mol. The van der Waals surface area contributed by atoms with E-state index in [9.17, 15) is 13.2 Å². The molecule has 0 unspecified atom stereocenters. The number of oxazole rings is 1. The first-order chi connectivity index (χ1) is 7.40. The van der Waals surface area contributed by atoms with Crippen LogP contribution in [0.5, 0.6) is 0 Å². The third kappa shape index (κ3) is 3.99. The van der Waals surface area contributed by atoms with Gasteiger partial charge in [-0.05, 0) is 13.3 Å². The van der Waals surface area contributed by atoms with Crippen LogP contribution < -0.4 is 10.5 Å². The number of aromatic nitrogens is 1. The maximum Gasteiger partial charge on any atom is 0.288 e. The van der Waals surface area contributed by atoms with Gasteiger partial charge in [0, 0.05) is 6.54 Å². The molecule has 16 heavy (non-hydrogen) atoms. The molecule has 0 bridgehead atoms. The van der Waals surface area contributed by atoms with Crippen LogP contribution in [0.3, 0.4) is 0 Å². The molecule has 3 N–H and O–H groups in total. The Hall–Kier alpha value is -1.41. The summed E-state index contributed by atoms with van der Waals surface area (Å²) in [6, 6.07) is 0. The van der Waals surface area contributed by atoms with E-state index in [-0.39, 0.29) is 24.5 Å². The van der Waals surface area contributed by atoms with Crippen molar-refractivity contribution in [1.29, 1.82) is 0 Å². The van der Waals surface area contributed by atoms with Crippen molar-refractivity contribution < 1.29 is 17.6 Å². The number of nitrogens with zero attached hydrogens (tertiary/aromatic N) is 1. The Morgan fingerprint density at radius 1 is 1.62 bits per heavy atom. The highest BCUT2D eigenvalue weighted by Crippen LogP contribution is 2.03. The molecule has 0 atom stereocenters. The van der Waals surface area contributed by atoms with Gasteiger partial charge in [-0.25, -0.2) is 18.5 Å². The minimum absolute atomic E-state index is 0.135. The number of amides is 1. The van der Waals surface area contributed by atoms with Crippen LogP contribution in [-0.4, -0.2) is 31.6 Å². The van der Waals surface area contributed by atoms with Gasteiger partial charge in [-0.15, -0.1) is 0 Å². The number of primary sulfonamides is 1. The van der Waals surface area contributed by atoms with Gasteiger partial charge in [0.05, 0.1) is 11.4 Å². The molecule has 7 nitrogen and oxygen atoms in total. The molecule has 90 valence electrons. The molecule has 1 aromatic rings. The molecule has 0 saturated heterocycles. The summed E-state index contributed by atoms with van der Waals surface area (Å²) in [6.07, 6.45) is 1.44. The van der Waals surface area contributed by atoms with Crippen molar-refractivity contribution >= 4 is 15.9 Å². The molecule has 0 radical (unpaired) electrons. The lowest BCUT2D eigenvalue weighted by molar-refractivity contribution is 0.0925. The standard InChI is InChI=1S/C8H13N3O4S/c1-6-7(15-5-11-6)8(12)10-3-2-4-16(9,13)14/h5H,2-4H2,1H3,(H,10,12)(H2,9,13,14). The van der Waals surface area contributed by atoms with E-state index >= 15 is 0 Å². The molecule has 1 aromatic heterocycles. The van der Waals surface area contributed by atoms with Crippen molar-refractivity contribution in [3.05, 3.63) is 17.8 Å². The Labute approximate surface area is 93.1 Å². The summed E-state index contributed by atoms with van der Waals surface area (Å²) < 4.78 is 26.0. The summed E-state index contributed by atoms with van der Waals surface area (Å²) in [5.74, 6) is -0.442. The Morgan fingerprint density at radius 3 is 2.81 bits per heavy atom. The molecule has 8 heteroatoms. The van der Waals surface area contributed by atoms with E-state index in [1.807, 2.05) is 0 Å². The maximum atomic E-state index is 11.4. The van der Waals surface area contributed by atoms with Gasteiger partial charge >= 0.3 is 0 Å². The number of nitrogens with one attached hydrogen (secondary N) is 1. The normalized spacial score (nSPS) is 11.4. The van der Waals surface area contributed by atoms with E-state index in [2.05, 4.69) is 10.3 Å². The molecule has 0 saturated carbocycles. The quantitative estimate of drug-likeness (QED) is 0.673. The summed E-state index contributed by atoms with van der Waals surface area (Å²) in [5.41, 5.74) is 0.490. The minimum atomic E-state index is -3.47. The van der Waals surface area contributed by atoms with Gasteiger partial charge in [0.2, 0.25) is 15.8 Å². The average Bonchev–Trinajstić information content (AvgIpc) is 2.57. The van der Waals surface area contributed by atoms with Crippen LogP contribution in [0.25, 0.3) is 0 Å². The number of rotatable bonds is 5. The average molecular weight is 247 g/mol. The van der Waals surface area contributed by atoms with Crippen molar-refractivity contribution in [2.45, 2.75) is 13.3 Å². The molecule has 0 aliphatic heterocycles. The third-order valence-electron chi connectivity index (χ3n) is 1.84. The summed E-state index contributed by atoms with van der Waals surface area (Å²) in [4.78, 5) is 15.2. The van der Waals surface area contributed by atoms with E-state index in [1.54, 1.807) is 6.92 Å². The van der Waals surface area contributed by atoms with Gasteiger partial charge in [0.15, 0.2) is 6.39 Å². The first-order valence-corrected chi connectivity index (χ1v) is 6.30. The third-order valence-corrected chi connectivity index (χ3v) is 2.70. The number of sulfonamides is 1. The monoisotopic (exact) mass is 247 g/mol. The smallest absolute Gasteiger partial charge is 0.288 e. The van der Waals surface area contributed by atoms with E-state index in [1.165, 1.54) is 6.39 Å². The second-order valence-corrected chi connectivity index (χ2v) is 4.98. The van der Waals surface area contributed by atoms with Crippen molar-refractivity contribution in [2.75, 3.05) is 12.3 Å². The SMILES string of the molecule is Cc1ncoc1C(=O)NCCCS(N)(=O)=O. The fourth-order valence-corrected chi connectivity index (χ4v) is 1.62. The molecule has 0 spiro atoms. The Kier molecular flexibility index (Phi) is 4.02. The maximum absolute atomic E-state index is 11.4. The van der Waals surface area contributed by atoms with Crippen LogP contribution in [0.15, 0.2) is 10.8 Å². The Morgan fingerprint density at radius 2 is 2.31 bits per heavy atom. The molecule has 0 fully saturated rings. The molecule has 1 rings (SSSR count). The van der Waals surface area contributed by atoms with Gasteiger partial charge in [-0.1, -0.05) is 0 Å². The van der Waals surface area contributed by atoms with Crippen LogP contribution in [0, 0.1) is 6.92 Å². The fourth-order valence-electron chi connectivity index (χ4n) is 1.08. The predicted octanol–water partition coefficient (Wildman–Crippen LogP) is -0.609. The summed E-state index contributed by atoms with van der Waals surface area (Å²) in [6.45, 7) is 1.86. The fraction of sp³-hybridized carbons (Fsp3) is 0.500. The highest BCUT2D eigenvalue weighted by atomic mass is 32.2. The second-order valence-electron chi connectivity index (χ2n) is 3.24. The lowest BCUT2D eigenvalue weighted by Gasteiger charge is -2.02. The van der Waals surface area contributed by atoms with Crippen molar-refractivity contribution in [3.8, 4) is 0 Å². The van der Waals surface area contributed by atoms with Crippen molar-refractivity contribution in [2.24, 2.45) is 5.14 Å². The lowest BCUT2D eigenvalue weighted by Crippen LogP contribution is -2.27. The summed E-state index contributed by atoms with van der Waals surface area (Å²) in [5, 5.41) is 7.31. The zero-order valence-corrected chi connectivity index (χ0v) is 9.58. The minimum Gasteiger partial charge on any atom is -0.438 e. The van der Waals surface area contributed by atoms with Crippen LogP contribution in [0.1, 0.15) is 22.7 Å². The largest absolute Gasteiger partial charge is 0.438 e. The molecule has 1 heterocycles. The molecule has 0 aliphatic carbocycles. The summed E-state index contributed by atoms with van der Waals surface area (Å²) in [7, 11) is -3.47. The number of nitrogens with two attached hydrogens (primary N) is 1. The number of hydrogen-bond donors (Lipinski definition) is 2. The molecular formula is C8H13N3O4S. The highest BCUT2D eigenvalue weighted by molar-refractivity contribution is 7.89. The zero-order chi connectivity index (χ0) is 12.2. The highest BCUT2D eigenvalue weighted by Gasteiger charge is 2.13. The first kappa shape index (κ1) is 12.7. The van der Waals surface area contributed by atoms with Crippen LogP contribution >= 0.6 is 0 Å². The van der Waals surface area contributed by atoms with Gasteiger partial charge in [-0.3, -0.25) is 4.79 Å². The van der Waals surface area contributed by atoms with E-state index in [4.69, 9.17) is 9.56 Å². The molecular weight excluding hydrogens is 234 g/mol. The van der Waals surface area contributed by atoms with Gasteiger partial charge in [0.1, 0.15) is 0 Å². The first-order valence-electron chi connectivity index (χ1n) is 4.59. The van der Waals surface area contributed by atoms with Gasteiger partial charge < -0.3 is 9.73 Å². The molecule has 0 aromatic carbocycles. The second kappa shape index (κ2) is 5.08. The van der Waals surface area contributed by atoms with E-state index in [0.717, 1.165) is 0 Å². The number of hydrogen-bond acceptors (Lipinski definition) is 5. The lowest BCUT2D eigenvalue weighted by atomic mass is 10.3. The number of carbonyl (C=O) groups is 1. The van der Waals surface area contributed by atoms with E-state index in [0.29, 0.717) is 5.69 Å². The Bertz CT molecular complexity index is 465. The van der Waals surface area contributed by atoms with Gasteiger partial charge in [0.25, 0.3) is 5.91 Å². The van der Waals surface area contributed by atoms with Gasteiger partial charge in [-0.2, -0.15) is 0 Å². The van der Waals surface area contributed by atoms with Crippen molar-refractivity contribution in [3.63, 3.8) is 0 Å². The van der Waals surface area contributed by atoms with Crippen LogP contribution in [0.4, 0.5) is 0 Å². The van der Waals surface area contributed by atoms with E-state index < -0.39 is 15.9 Å². The topological polar surface area (TPSA) is 115 Å². The van der Waals surface area contributed by atoms with Crippen molar-refractivity contribution in [1.82, 2.24) is 10.3 Å². The summed E-state index contributed by atoms with van der Waals surface area (Å²) >= 11 is 0. The molecule has 1 amide bonds. The van der Waals surface area contributed by atoms with Crippen LogP contribution in [-0.2, 0) is 10.0 Å².